The van der Waals surface area contributed by atoms with Gasteiger partial charge in [0.1, 0.15) is 5.82 Å². The number of rotatable bonds is 5. The second-order valence-electron chi connectivity index (χ2n) is 4.58. The number of nitrogens with zero attached hydrogens (tertiary/aromatic N) is 1. The maximum absolute atomic E-state index is 14.1. The van der Waals surface area contributed by atoms with Crippen molar-refractivity contribution in [1.29, 1.82) is 0 Å². The first kappa shape index (κ1) is 15.1. The van der Waals surface area contributed by atoms with Crippen LogP contribution in [-0.4, -0.2) is 4.98 Å². The number of nitrogens with one attached hydrogen (secondary N) is 1. The molecule has 1 aromatic carbocycles. The molecule has 0 amide bonds. The lowest BCUT2D eigenvalue weighted by Crippen LogP contribution is -2.30. The summed E-state index contributed by atoms with van der Waals surface area (Å²) in [6.07, 6.45) is 3.33. The molecule has 1 aromatic heterocycles. The van der Waals surface area contributed by atoms with Crippen molar-refractivity contribution in [3.63, 3.8) is 0 Å². The largest absolute Gasteiger partial charge is 0.271 e. The van der Waals surface area contributed by atoms with Gasteiger partial charge in [0.05, 0.1) is 10.5 Å². The van der Waals surface area contributed by atoms with E-state index in [0.717, 1.165) is 12.1 Å². The van der Waals surface area contributed by atoms with Gasteiger partial charge in [-0.3, -0.25) is 16.3 Å². The zero-order chi connectivity index (χ0) is 14.5. The Morgan fingerprint density at radius 3 is 2.75 bits per heavy atom. The summed E-state index contributed by atoms with van der Waals surface area (Å²) in [5.41, 5.74) is 5.25. The van der Waals surface area contributed by atoms with E-state index in [4.69, 9.17) is 5.84 Å². The number of aromatic nitrogens is 1. The SMILES string of the molecule is CCc1ccc(CC(NN)c2cccc(Br)c2F)nc1. The van der Waals surface area contributed by atoms with Gasteiger partial charge in [-0.1, -0.05) is 25.1 Å². The van der Waals surface area contributed by atoms with Crippen LogP contribution in [0.15, 0.2) is 41.0 Å². The number of benzene rings is 1. The first-order valence-corrected chi connectivity index (χ1v) is 7.28. The second kappa shape index (κ2) is 6.92. The van der Waals surface area contributed by atoms with Crippen molar-refractivity contribution in [1.82, 2.24) is 10.4 Å². The van der Waals surface area contributed by atoms with E-state index < -0.39 is 0 Å². The van der Waals surface area contributed by atoms with Crippen LogP contribution < -0.4 is 11.3 Å². The van der Waals surface area contributed by atoms with Crippen molar-refractivity contribution in [3.8, 4) is 0 Å². The lowest BCUT2D eigenvalue weighted by molar-refractivity contribution is 0.504. The average Bonchev–Trinajstić information content (AvgIpc) is 2.48. The van der Waals surface area contributed by atoms with Crippen molar-refractivity contribution in [2.24, 2.45) is 5.84 Å². The molecule has 0 saturated heterocycles. The lowest BCUT2D eigenvalue weighted by atomic mass is 10.0. The van der Waals surface area contributed by atoms with Gasteiger partial charge >= 0.3 is 0 Å². The molecule has 1 unspecified atom stereocenters. The molecule has 3 N–H and O–H groups in total. The lowest BCUT2D eigenvalue weighted by Gasteiger charge is -2.17. The van der Waals surface area contributed by atoms with E-state index in [2.05, 4.69) is 33.3 Å². The maximum atomic E-state index is 14.1. The van der Waals surface area contributed by atoms with E-state index in [1.807, 2.05) is 18.3 Å². The molecule has 0 aliphatic carbocycles. The first-order valence-electron chi connectivity index (χ1n) is 6.49. The Labute approximate surface area is 126 Å². The fourth-order valence-electron chi connectivity index (χ4n) is 2.04. The van der Waals surface area contributed by atoms with E-state index in [1.165, 1.54) is 5.56 Å². The molecule has 20 heavy (non-hydrogen) atoms. The molecule has 0 aliphatic rings. The minimum Gasteiger partial charge on any atom is -0.271 e. The molecule has 1 heterocycles. The average molecular weight is 338 g/mol. The number of aryl methyl sites for hydroxylation is 1. The van der Waals surface area contributed by atoms with Crippen LogP contribution in [0.5, 0.6) is 0 Å². The molecule has 0 spiro atoms. The summed E-state index contributed by atoms with van der Waals surface area (Å²) in [5, 5.41) is 0. The molecular weight excluding hydrogens is 321 g/mol. The minimum absolute atomic E-state index is 0.291. The standard InChI is InChI=1S/C15H17BrFN3/c1-2-10-6-7-11(19-9-10)8-14(20-18)12-4-3-5-13(16)15(12)17/h3-7,9,14,20H,2,8,18H2,1H3. The zero-order valence-corrected chi connectivity index (χ0v) is 12.8. The summed E-state index contributed by atoms with van der Waals surface area (Å²) in [5.74, 6) is 5.28. The third-order valence-corrected chi connectivity index (χ3v) is 3.88. The van der Waals surface area contributed by atoms with Gasteiger partial charge < -0.3 is 0 Å². The normalized spacial score (nSPS) is 12.4. The molecule has 5 heteroatoms. The Hall–Kier alpha value is -1.30. The molecule has 2 aromatic rings. The van der Waals surface area contributed by atoms with Gasteiger partial charge in [0.15, 0.2) is 0 Å². The molecule has 106 valence electrons. The Balaban J connectivity index is 2.21. The van der Waals surface area contributed by atoms with Gasteiger partial charge in [-0.2, -0.15) is 0 Å². The van der Waals surface area contributed by atoms with Gasteiger partial charge in [0, 0.05) is 23.9 Å². The Morgan fingerprint density at radius 1 is 1.35 bits per heavy atom. The highest BCUT2D eigenvalue weighted by Gasteiger charge is 2.17. The number of halogens is 2. The van der Waals surface area contributed by atoms with Crippen LogP contribution in [0.2, 0.25) is 0 Å². The summed E-state index contributed by atoms with van der Waals surface area (Å²) < 4.78 is 14.5. The van der Waals surface area contributed by atoms with Crippen LogP contribution in [0.3, 0.4) is 0 Å². The molecule has 0 radical (unpaired) electrons. The van der Waals surface area contributed by atoms with Gasteiger partial charge in [-0.15, -0.1) is 0 Å². The predicted molar refractivity (Wildman–Crippen MR) is 81.5 cm³/mol. The van der Waals surface area contributed by atoms with Crippen LogP contribution in [0.1, 0.15) is 29.8 Å². The third-order valence-electron chi connectivity index (χ3n) is 3.27. The van der Waals surface area contributed by atoms with E-state index in [-0.39, 0.29) is 11.9 Å². The molecule has 0 saturated carbocycles. The molecular formula is C15H17BrFN3. The van der Waals surface area contributed by atoms with E-state index in [9.17, 15) is 4.39 Å². The van der Waals surface area contributed by atoms with Crippen LogP contribution in [0, 0.1) is 5.82 Å². The Kier molecular flexibility index (Phi) is 5.23. The van der Waals surface area contributed by atoms with E-state index in [1.54, 1.807) is 18.2 Å². The summed E-state index contributed by atoms with van der Waals surface area (Å²) in [7, 11) is 0. The van der Waals surface area contributed by atoms with Crippen LogP contribution in [0.25, 0.3) is 0 Å². The number of nitrogens with two attached hydrogens (primary N) is 1. The molecule has 2 rings (SSSR count). The van der Waals surface area contributed by atoms with Gasteiger partial charge in [-0.05, 0) is 40.0 Å². The molecule has 0 fully saturated rings. The highest BCUT2D eigenvalue weighted by Crippen LogP contribution is 2.25. The van der Waals surface area contributed by atoms with Crippen LogP contribution in [-0.2, 0) is 12.8 Å². The van der Waals surface area contributed by atoms with Crippen LogP contribution in [0.4, 0.5) is 4.39 Å². The van der Waals surface area contributed by atoms with Crippen molar-refractivity contribution in [2.75, 3.05) is 0 Å². The first-order chi connectivity index (χ1) is 9.65. The maximum Gasteiger partial charge on any atom is 0.142 e. The van der Waals surface area contributed by atoms with Gasteiger partial charge in [-0.25, -0.2) is 4.39 Å². The van der Waals surface area contributed by atoms with Crippen molar-refractivity contribution < 1.29 is 4.39 Å². The van der Waals surface area contributed by atoms with Crippen molar-refractivity contribution >= 4 is 15.9 Å². The van der Waals surface area contributed by atoms with Crippen molar-refractivity contribution in [3.05, 3.63) is 63.6 Å². The fraction of sp³-hybridized carbons (Fsp3) is 0.267. The smallest absolute Gasteiger partial charge is 0.142 e. The van der Waals surface area contributed by atoms with E-state index in [0.29, 0.717) is 16.5 Å². The molecule has 0 bridgehead atoms. The number of hydrogen-bond acceptors (Lipinski definition) is 3. The minimum atomic E-state index is -0.313. The molecule has 1 atom stereocenters. The topological polar surface area (TPSA) is 50.9 Å². The third kappa shape index (κ3) is 3.42. The summed E-state index contributed by atoms with van der Waals surface area (Å²) in [6.45, 7) is 2.08. The monoisotopic (exact) mass is 337 g/mol. The van der Waals surface area contributed by atoms with Crippen LogP contribution >= 0.6 is 15.9 Å². The summed E-state index contributed by atoms with van der Waals surface area (Å²) in [4.78, 5) is 4.39. The second-order valence-corrected chi connectivity index (χ2v) is 5.43. The highest BCUT2D eigenvalue weighted by molar-refractivity contribution is 9.10. The summed E-state index contributed by atoms with van der Waals surface area (Å²) in [6, 6.07) is 8.87. The number of hydrogen-bond donors (Lipinski definition) is 2. The Bertz CT molecular complexity index is 572. The quantitative estimate of drug-likeness (QED) is 0.650. The van der Waals surface area contributed by atoms with Gasteiger partial charge in [0.25, 0.3) is 0 Å². The highest BCUT2D eigenvalue weighted by atomic mass is 79.9. The van der Waals surface area contributed by atoms with Crippen molar-refractivity contribution in [2.45, 2.75) is 25.8 Å². The molecule has 3 nitrogen and oxygen atoms in total. The summed E-state index contributed by atoms with van der Waals surface area (Å²) >= 11 is 3.19. The fourth-order valence-corrected chi connectivity index (χ4v) is 2.42. The van der Waals surface area contributed by atoms with Gasteiger partial charge in [0.2, 0.25) is 0 Å². The number of hydrazine groups is 1. The molecule has 0 aliphatic heterocycles. The zero-order valence-electron chi connectivity index (χ0n) is 11.2. The predicted octanol–water partition coefficient (Wildman–Crippen LogP) is 3.29. The van der Waals surface area contributed by atoms with E-state index >= 15 is 0 Å². The number of pyridine rings is 1. The Morgan fingerprint density at radius 2 is 2.15 bits per heavy atom.